The van der Waals surface area contributed by atoms with Crippen molar-refractivity contribution in [2.75, 3.05) is 0 Å². The van der Waals surface area contributed by atoms with Crippen LogP contribution in [0, 0.1) is 0 Å². The molecule has 0 heterocycles. The Labute approximate surface area is 52.2 Å². The number of halogens is 1. The molecule has 0 saturated heterocycles. The Morgan fingerprint density at radius 1 is 1.88 bits per heavy atom. The fraction of sp³-hybridized carbons (Fsp3) is 0. The Balaban J connectivity index is 0. The topological polar surface area (TPSA) is 103 Å². The fourth-order valence-electron chi connectivity index (χ4n) is 0. The van der Waals surface area contributed by atoms with Gasteiger partial charge in [-0.1, -0.05) is 0 Å². The molecule has 0 aliphatic rings. The first-order chi connectivity index (χ1) is 3.46. The molecule has 8 heavy (non-hydrogen) atoms. The van der Waals surface area contributed by atoms with Crippen LogP contribution < -0.4 is 5.73 Å². The Morgan fingerprint density at radius 2 is 1.88 bits per heavy atom. The predicted octanol–water partition coefficient (Wildman–Crippen LogP) is -0.358. The van der Waals surface area contributed by atoms with Gasteiger partial charge in [0.25, 0.3) is 0 Å². The van der Waals surface area contributed by atoms with Gasteiger partial charge < -0.3 is 15.4 Å². The molecular weight excluding hydrogens is 158 g/mol. The molecule has 0 aliphatic heterocycles. The molecule has 7 heteroatoms. The van der Waals surface area contributed by atoms with E-state index in [1.165, 1.54) is 0 Å². The number of carbonyl (C=O) groups is 1. The third-order valence-corrected chi connectivity index (χ3v) is 0. The van der Waals surface area contributed by atoms with Crippen LogP contribution >= 0.6 is 10.7 Å². The van der Waals surface area contributed by atoms with E-state index < -0.39 is 16.4 Å². The SMILES string of the molecule is NC(=O)O.O=S([O-])Cl. The molecule has 0 spiro atoms. The van der Waals surface area contributed by atoms with E-state index in [-0.39, 0.29) is 0 Å². The maximum absolute atomic E-state index is 8.78. The first-order valence-electron chi connectivity index (χ1n) is 1.20. The molecule has 1 amide bonds. The summed E-state index contributed by atoms with van der Waals surface area (Å²) in [5, 5.41) is 7.19. The first kappa shape index (κ1) is 10.6. The van der Waals surface area contributed by atoms with Gasteiger partial charge in [-0.2, -0.15) is 0 Å². The second-order valence-electron chi connectivity index (χ2n) is 0.532. The summed E-state index contributed by atoms with van der Waals surface area (Å²) in [4.78, 5) is 8.78. The van der Waals surface area contributed by atoms with Crippen LogP contribution in [-0.4, -0.2) is 20.0 Å². The molecule has 3 N–H and O–H groups in total. The zero-order chi connectivity index (χ0) is 7.15. The lowest BCUT2D eigenvalue weighted by Crippen LogP contribution is -2.03. The van der Waals surface area contributed by atoms with Crippen molar-refractivity contribution >= 4 is 27.1 Å². The van der Waals surface area contributed by atoms with Gasteiger partial charge in [-0.25, -0.2) is 4.79 Å². The molecule has 0 aromatic heterocycles. The van der Waals surface area contributed by atoms with Gasteiger partial charge in [-0.05, 0) is 10.7 Å². The van der Waals surface area contributed by atoms with E-state index in [1.54, 1.807) is 0 Å². The number of amides is 1. The van der Waals surface area contributed by atoms with Crippen LogP contribution in [0.25, 0.3) is 0 Å². The Hall–Kier alpha value is -0.330. The number of hydrogen-bond acceptors (Lipinski definition) is 3. The van der Waals surface area contributed by atoms with E-state index in [1.807, 2.05) is 0 Å². The summed E-state index contributed by atoms with van der Waals surface area (Å²) in [6.45, 7) is 0. The molecule has 0 aromatic carbocycles. The van der Waals surface area contributed by atoms with Gasteiger partial charge in [0.15, 0.2) is 0 Å². The summed E-state index contributed by atoms with van der Waals surface area (Å²) in [5.74, 6) is 0. The lowest BCUT2D eigenvalue weighted by atomic mass is 11.3. The van der Waals surface area contributed by atoms with E-state index in [0.717, 1.165) is 0 Å². The van der Waals surface area contributed by atoms with Crippen LogP contribution in [0.2, 0.25) is 0 Å². The maximum Gasteiger partial charge on any atom is 0.402 e. The summed E-state index contributed by atoms with van der Waals surface area (Å²) in [5.41, 5.74) is 4.03. The Kier molecular flexibility index (Phi) is 8.85. The molecule has 0 saturated carbocycles. The summed E-state index contributed by atoms with van der Waals surface area (Å²) in [7, 11) is 1.80. The van der Waals surface area contributed by atoms with Crippen LogP contribution in [0.5, 0.6) is 0 Å². The number of rotatable bonds is 0. The lowest BCUT2D eigenvalue weighted by Gasteiger charge is -1.80. The van der Waals surface area contributed by atoms with E-state index in [2.05, 4.69) is 16.4 Å². The van der Waals surface area contributed by atoms with Gasteiger partial charge in [-0.3, -0.25) is 4.21 Å². The van der Waals surface area contributed by atoms with Crippen LogP contribution in [0.3, 0.4) is 0 Å². The molecule has 1 atom stereocenters. The molecule has 0 aliphatic carbocycles. The summed E-state index contributed by atoms with van der Waals surface area (Å²) < 4.78 is 17.5. The number of nitrogens with two attached hydrogens (primary N) is 1. The van der Waals surface area contributed by atoms with Crippen molar-refractivity contribution in [3.8, 4) is 0 Å². The molecular formula is CH3ClNO4S-. The van der Waals surface area contributed by atoms with E-state index in [0.29, 0.717) is 0 Å². The van der Waals surface area contributed by atoms with E-state index in [9.17, 15) is 0 Å². The third kappa shape index (κ3) is 1140. The molecule has 1 unspecified atom stereocenters. The second kappa shape index (κ2) is 6.67. The third-order valence-electron chi connectivity index (χ3n) is 0. The fourth-order valence-corrected chi connectivity index (χ4v) is 0. The predicted molar refractivity (Wildman–Crippen MR) is 27.0 cm³/mol. The van der Waals surface area contributed by atoms with Crippen molar-refractivity contribution in [2.45, 2.75) is 0 Å². The number of carboxylic acid groups (broad SMARTS) is 1. The van der Waals surface area contributed by atoms with Crippen LogP contribution in [0.1, 0.15) is 0 Å². The van der Waals surface area contributed by atoms with Gasteiger partial charge in [0.1, 0.15) is 0 Å². The quantitative estimate of drug-likeness (QED) is 0.373. The number of primary amides is 1. The summed E-state index contributed by atoms with van der Waals surface area (Å²) in [6, 6.07) is 0. The smallest absolute Gasteiger partial charge is 0.402 e. The molecule has 0 aromatic rings. The van der Waals surface area contributed by atoms with Crippen molar-refractivity contribution in [2.24, 2.45) is 5.73 Å². The van der Waals surface area contributed by atoms with Crippen molar-refractivity contribution in [1.82, 2.24) is 0 Å². The standard InChI is InChI=1S/CH3NO2.ClHO2S/c2-1(3)4;1-4(2)3/h2H2,(H,3,4);(H,2,3)/p-1. The average Bonchev–Trinajstić information content (AvgIpc) is 1.25. The van der Waals surface area contributed by atoms with Crippen molar-refractivity contribution < 1.29 is 18.7 Å². The molecule has 0 radical (unpaired) electrons. The minimum Gasteiger partial charge on any atom is -0.760 e. The van der Waals surface area contributed by atoms with Crippen LogP contribution in [-0.2, 0) is 10.3 Å². The highest BCUT2D eigenvalue weighted by atomic mass is 35.7. The zero-order valence-corrected chi connectivity index (χ0v) is 5.11. The summed E-state index contributed by atoms with van der Waals surface area (Å²) >= 11 is 0. The van der Waals surface area contributed by atoms with Crippen LogP contribution in [0.4, 0.5) is 4.79 Å². The second-order valence-corrected chi connectivity index (χ2v) is 1.68. The highest BCUT2D eigenvalue weighted by Crippen LogP contribution is 1.71. The molecule has 0 bridgehead atoms. The van der Waals surface area contributed by atoms with Crippen molar-refractivity contribution in [3.05, 3.63) is 0 Å². The van der Waals surface area contributed by atoms with E-state index in [4.69, 9.17) is 18.7 Å². The maximum atomic E-state index is 8.78. The minimum atomic E-state index is -2.39. The van der Waals surface area contributed by atoms with E-state index >= 15 is 0 Å². The molecule has 0 rings (SSSR count). The van der Waals surface area contributed by atoms with Crippen LogP contribution in [0.15, 0.2) is 0 Å². The van der Waals surface area contributed by atoms with Crippen molar-refractivity contribution in [1.29, 1.82) is 0 Å². The average molecular weight is 161 g/mol. The Morgan fingerprint density at radius 3 is 1.88 bits per heavy atom. The highest BCUT2D eigenvalue weighted by Gasteiger charge is 1.65. The molecule has 5 nitrogen and oxygen atoms in total. The van der Waals surface area contributed by atoms with Crippen molar-refractivity contribution in [3.63, 3.8) is 0 Å². The summed E-state index contributed by atoms with van der Waals surface area (Å²) in [6.07, 6.45) is -1.33. The Bertz CT molecular complexity index is 74.0. The molecule has 50 valence electrons. The lowest BCUT2D eigenvalue weighted by molar-refractivity contribution is 0.205. The van der Waals surface area contributed by atoms with Gasteiger partial charge in [0.2, 0.25) is 0 Å². The number of hydrogen-bond donors (Lipinski definition) is 2. The largest absolute Gasteiger partial charge is 0.760 e. The highest BCUT2D eigenvalue weighted by molar-refractivity contribution is 8.03. The molecule has 0 fully saturated rings. The monoisotopic (exact) mass is 160 g/mol. The normalized spacial score (nSPS) is 10.8. The van der Waals surface area contributed by atoms with Gasteiger partial charge in [0.05, 0.1) is 0 Å². The van der Waals surface area contributed by atoms with Gasteiger partial charge >= 0.3 is 6.09 Å². The zero-order valence-electron chi connectivity index (χ0n) is 3.54. The first-order valence-corrected chi connectivity index (χ1v) is 3.11. The minimum absolute atomic E-state index is 1.33. The van der Waals surface area contributed by atoms with Gasteiger partial charge in [-0.15, -0.1) is 0 Å². The van der Waals surface area contributed by atoms with Gasteiger partial charge in [0, 0.05) is 10.3 Å².